The number of hydrogen-bond donors (Lipinski definition) is 0. The van der Waals surface area contributed by atoms with Gasteiger partial charge in [-0.05, 0) is 74.1 Å². The van der Waals surface area contributed by atoms with Crippen LogP contribution >= 0.6 is 0 Å². The first-order valence-corrected chi connectivity index (χ1v) is 10.9. The van der Waals surface area contributed by atoms with Crippen LogP contribution in [-0.2, 0) is 6.11 Å². The van der Waals surface area contributed by atoms with Crippen LogP contribution in [0.2, 0.25) is 0 Å². The fourth-order valence-electron chi connectivity index (χ4n) is 4.36. The normalized spacial score (nSPS) is 18.8. The molecule has 0 aliphatic heterocycles. The average Bonchev–Trinajstić information content (AvgIpc) is 2.79. The average molecular weight is 472 g/mol. The van der Waals surface area contributed by atoms with Crippen molar-refractivity contribution in [2.24, 2.45) is 5.92 Å². The Bertz CT molecular complexity index is 983. The lowest BCUT2D eigenvalue weighted by molar-refractivity contribution is -0.189. The summed E-state index contributed by atoms with van der Waals surface area (Å²) in [6.45, 7) is 3.70. The summed E-state index contributed by atoms with van der Waals surface area (Å²) < 4.78 is 95.1. The van der Waals surface area contributed by atoms with Crippen molar-refractivity contribution in [1.82, 2.24) is 0 Å². The van der Waals surface area contributed by atoms with Crippen molar-refractivity contribution in [3.63, 3.8) is 0 Å². The van der Waals surface area contributed by atoms with Crippen molar-refractivity contribution < 1.29 is 35.8 Å². The van der Waals surface area contributed by atoms with Crippen molar-refractivity contribution in [3.05, 3.63) is 71.3 Å². The molecule has 2 aromatic rings. The third-order valence-corrected chi connectivity index (χ3v) is 6.20. The molecule has 0 radical (unpaired) electrons. The number of alkyl halides is 2. The van der Waals surface area contributed by atoms with Gasteiger partial charge in [-0.1, -0.05) is 18.6 Å². The molecule has 8 heteroatoms. The molecule has 0 heterocycles. The van der Waals surface area contributed by atoms with Gasteiger partial charge in [0.25, 0.3) is 0 Å². The molecule has 2 aromatic carbocycles. The van der Waals surface area contributed by atoms with Gasteiger partial charge < -0.3 is 9.47 Å². The van der Waals surface area contributed by atoms with E-state index in [2.05, 4.69) is 16.1 Å². The van der Waals surface area contributed by atoms with E-state index in [1.165, 1.54) is 6.07 Å². The van der Waals surface area contributed by atoms with E-state index in [-0.39, 0.29) is 11.5 Å². The van der Waals surface area contributed by atoms with E-state index >= 15 is 0 Å². The molecule has 0 saturated heterocycles. The number of unbranched alkanes of at least 4 members (excludes halogenated alkanes) is 1. The quantitative estimate of drug-likeness (QED) is 0.209. The number of ether oxygens (including phenoxy) is 2. The second kappa shape index (κ2) is 10.5. The summed E-state index contributed by atoms with van der Waals surface area (Å²) in [5, 5.41) is 0. The zero-order valence-corrected chi connectivity index (χ0v) is 18.3. The van der Waals surface area contributed by atoms with Gasteiger partial charge in [-0.25, -0.2) is 8.78 Å². The molecule has 0 spiro atoms. The van der Waals surface area contributed by atoms with E-state index in [1.54, 1.807) is 0 Å². The molecule has 0 unspecified atom stereocenters. The lowest BCUT2D eigenvalue weighted by atomic mass is 9.77. The van der Waals surface area contributed by atoms with Gasteiger partial charge in [0.15, 0.2) is 23.1 Å². The molecule has 180 valence electrons. The van der Waals surface area contributed by atoms with E-state index in [1.807, 2.05) is 6.08 Å². The highest BCUT2D eigenvalue weighted by Crippen LogP contribution is 2.42. The third kappa shape index (κ3) is 5.47. The summed E-state index contributed by atoms with van der Waals surface area (Å²) in [6, 6.07) is 3.47. The summed E-state index contributed by atoms with van der Waals surface area (Å²) >= 11 is 0. The second-order valence-corrected chi connectivity index (χ2v) is 8.28. The van der Waals surface area contributed by atoms with Crippen molar-refractivity contribution in [1.29, 1.82) is 0 Å². The van der Waals surface area contributed by atoms with Crippen LogP contribution in [0.15, 0.2) is 36.9 Å². The van der Waals surface area contributed by atoms with E-state index in [0.29, 0.717) is 24.8 Å². The zero-order chi connectivity index (χ0) is 24.2. The van der Waals surface area contributed by atoms with Crippen molar-refractivity contribution in [3.8, 4) is 11.5 Å². The highest BCUT2D eigenvalue weighted by atomic mass is 19.3. The Morgan fingerprint density at radius 2 is 1.55 bits per heavy atom. The monoisotopic (exact) mass is 472 g/mol. The molecule has 3 rings (SSSR count). The third-order valence-electron chi connectivity index (χ3n) is 6.20. The van der Waals surface area contributed by atoms with Crippen LogP contribution in [0.1, 0.15) is 62.0 Å². The van der Waals surface area contributed by atoms with Crippen LogP contribution < -0.4 is 9.47 Å². The Hall–Kier alpha value is -2.64. The fraction of sp³-hybridized carbons (Fsp3) is 0.440. The lowest BCUT2D eigenvalue weighted by Gasteiger charge is -2.29. The van der Waals surface area contributed by atoms with E-state index in [0.717, 1.165) is 51.3 Å². The van der Waals surface area contributed by atoms with Gasteiger partial charge in [-0.2, -0.15) is 17.6 Å². The first kappa shape index (κ1) is 25.0. The molecule has 0 N–H and O–H groups in total. The smallest absolute Gasteiger partial charge is 0.429 e. The maximum Gasteiger partial charge on any atom is 0.429 e. The van der Waals surface area contributed by atoms with Gasteiger partial charge in [0.2, 0.25) is 11.6 Å². The van der Waals surface area contributed by atoms with Gasteiger partial charge in [0, 0.05) is 0 Å². The minimum absolute atomic E-state index is 0.106. The predicted octanol–water partition coefficient (Wildman–Crippen LogP) is 8.01. The molecule has 0 amide bonds. The van der Waals surface area contributed by atoms with Gasteiger partial charge in [-0.3, -0.25) is 0 Å². The Kier molecular flexibility index (Phi) is 7.97. The van der Waals surface area contributed by atoms with E-state index < -0.39 is 46.4 Å². The van der Waals surface area contributed by atoms with Crippen LogP contribution in [0.5, 0.6) is 11.5 Å². The summed E-state index contributed by atoms with van der Waals surface area (Å²) in [5.41, 5.74) is -1.35. The summed E-state index contributed by atoms with van der Waals surface area (Å²) in [4.78, 5) is 0. The van der Waals surface area contributed by atoms with Crippen molar-refractivity contribution in [2.45, 2.75) is 57.0 Å². The molecule has 0 atom stereocenters. The maximum absolute atomic E-state index is 14.8. The highest BCUT2D eigenvalue weighted by molar-refractivity contribution is 5.36. The predicted molar refractivity (Wildman–Crippen MR) is 113 cm³/mol. The Labute approximate surface area is 189 Å². The number of halogens is 6. The molecule has 0 aromatic heterocycles. The molecule has 1 fully saturated rings. The van der Waals surface area contributed by atoms with Crippen LogP contribution in [0.25, 0.3) is 0 Å². The summed E-state index contributed by atoms with van der Waals surface area (Å²) in [7, 11) is 1.04. The molecule has 0 bridgehead atoms. The first-order chi connectivity index (χ1) is 15.7. The van der Waals surface area contributed by atoms with Crippen molar-refractivity contribution in [2.75, 3.05) is 7.11 Å². The van der Waals surface area contributed by atoms with Crippen LogP contribution in [0.4, 0.5) is 26.3 Å². The second-order valence-electron chi connectivity index (χ2n) is 8.28. The van der Waals surface area contributed by atoms with Gasteiger partial charge in [0.1, 0.15) is 5.56 Å². The van der Waals surface area contributed by atoms with E-state index in [4.69, 9.17) is 0 Å². The van der Waals surface area contributed by atoms with Crippen molar-refractivity contribution >= 4 is 0 Å². The number of benzene rings is 2. The van der Waals surface area contributed by atoms with Gasteiger partial charge in [0.05, 0.1) is 7.11 Å². The molecule has 1 aliphatic carbocycles. The summed E-state index contributed by atoms with van der Waals surface area (Å²) in [6.07, 6.45) is 3.55. The largest absolute Gasteiger partial charge is 0.494 e. The number of allylic oxidation sites excluding steroid dienone is 1. The van der Waals surface area contributed by atoms with Crippen LogP contribution in [0.3, 0.4) is 0 Å². The highest BCUT2D eigenvalue weighted by Gasteiger charge is 2.41. The SMILES string of the molecule is C=CCCCC1CCC(c2ccc(OC(F)(F)c3ccc(OC)c(F)c3F)c(F)c2F)CC1. The summed E-state index contributed by atoms with van der Waals surface area (Å²) in [5.74, 6) is -7.76. The fourth-order valence-corrected chi connectivity index (χ4v) is 4.36. The lowest BCUT2D eigenvalue weighted by Crippen LogP contribution is -2.25. The Balaban J connectivity index is 1.74. The zero-order valence-electron chi connectivity index (χ0n) is 18.3. The molecular formula is C25H26F6O2. The maximum atomic E-state index is 14.8. The molecular weight excluding hydrogens is 446 g/mol. The number of rotatable bonds is 9. The molecule has 2 nitrogen and oxygen atoms in total. The van der Waals surface area contributed by atoms with Gasteiger partial charge in [-0.15, -0.1) is 6.58 Å². The Morgan fingerprint density at radius 1 is 0.909 bits per heavy atom. The minimum atomic E-state index is -4.45. The topological polar surface area (TPSA) is 18.5 Å². The standard InChI is InChI=1S/C25H26F6O2/c1-3-4-5-6-15-7-9-16(10-8-15)17-11-13-20(24(29)21(17)26)33-25(30,31)18-12-14-19(32-2)23(28)22(18)27/h3,11-16H,1,4-10H2,2H3. The number of hydrogen-bond acceptors (Lipinski definition) is 2. The molecule has 1 aliphatic rings. The van der Waals surface area contributed by atoms with E-state index in [9.17, 15) is 26.3 Å². The molecule has 33 heavy (non-hydrogen) atoms. The van der Waals surface area contributed by atoms with Crippen LogP contribution in [0, 0.1) is 29.2 Å². The minimum Gasteiger partial charge on any atom is -0.494 e. The molecule has 1 saturated carbocycles. The van der Waals surface area contributed by atoms with Gasteiger partial charge >= 0.3 is 6.11 Å². The van der Waals surface area contributed by atoms with Crippen LogP contribution in [-0.4, -0.2) is 7.11 Å². The number of methoxy groups -OCH3 is 1. The Morgan fingerprint density at radius 3 is 2.18 bits per heavy atom. The first-order valence-electron chi connectivity index (χ1n) is 10.9.